The zero-order chi connectivity index (χ0) is 24.3. The van der Waals surface area contributed by atoms with Crippen LogP contribution in [0.15, 0.2) is 54.0 Å². The van der Waals surface area contributed by atoms with Crippen LogP contribution in [0.3, 0.4) is 0 Å². The van der Waals surface area contributed by atoms with Gasteiger partial charge in [0.2, 0.25) is 0 Å². The summed E-state index contributed by atoms with van der Waals surface area (Å²) in [6.45, 7) is 2.81. The highest BCUT2D eigenvalue weighted by Gasteiger charge is 2.14. The largest absolute Gasteiger partial charge is 0.488 e. The molecule has 0 fully saturated rings. The van der Waals surface area contributed by atoms with Crippen LogP contribution < -0.4 is 14.8 Å². The molecule has 0 saturated heterocycles. The minimum atomic E-state index is -0.332. The topological polar surface area (TPSA) is 96.0 Å². The lowest BCUT2D eigenvalue weighted by Gasteiger charge is -2.16. The molecular formula is C25H28N2O6S. The highest BCUT2D eigenvalue weighted by molar-refractivity contribution is 7.13. The number of hydrogen-bond acceptors (Lipinski definition) is 8. The van der Waals surface area contributed by atoms with Crippen molar-refractivity contribution in [2.24, 2.45) is 0 Å². The molecule has 1 N–H and O–H groups in total. The van der Waals surface area contributed by atoms with E-state index in [1.807, 2.05) is 6.92 Å². The van der Waals surface area contributed by atoms with Gasteiger partial charge in [0.15, 0.2) is 10.9 Å². The molecule has 0 radical (unpaired) electrons. The Morgan fingerprint density at radius 2 is 1.76 bits per heavy atom. The first kappa shape index (κ1) is 25.4. The van der Waals surface area contributed by atoms with Crippen LogP contribution in [0.4, 0.5) is 5.13 Å². The second-order valence-electron chi connectivity index (χ2n) is 7.51. The van der Waals surface area contributed by atoms with Crippen molar-refractivity contribution in [1.29, 1.82) is 0 Å². The second kappa shape index (κ2) is 12.8. The fourth-order valence-corrected chi connectivity index (χ4v) is 3.68. The number of methoxy groups -OCH3 is 2. The monoisotopic (exact) mass is 484 g/mol. The quantitative estimate of drug-likeness (QED) is 0.263. The number of hydrogen-bond donors (Lipinski definition) is 1. The number of anilines is 1. The molecule has 180 valence electrons. The molecule has 0 saturated carbocycles. The fourth-order valence-electron chi connectivity index (χ4n) is 3.15. The van der Waals surface area contributed by atoms with Crippen LogP contribution in [0, 0.1) is 0 Å². The molecule has 1 amide bonds. The molecule has 0 spiro atoms. The summed E-state index contributed by atoms with van der Waals surface area (Å²) >= 11 is 1.33. The van der Waals surface area contributed by atoms with Crippen LogP contribution >= 0.6 is 11.3 Å². The Bertz CT molecular complexity index is 1070. The van der Waals surface area contributed by atoms with Crippen molar-refractivity contribution in [1.82, 2.24) is 4.98 Å². The van der Waals surface area contributed by atoms with E-state index in [9.17, 15) is 9.59 Å². The molecule has 0 aliphatic heterocycles. The lowest BCUT2D eigenvalue weighted by Crippen LogP contribution is -2.18. The van der Waals surface area contributed by atoms with Crippen LogP contribution in [0.5, 0.6) is 17.2 Å². The molecule has 1 aromatic heterocycles. The molecule has 0 aliphatic carbocycles. The van der Waals surface area contributed by atoms with E-state index in [4.69, 9.17) is 18.9 Å². The summed E-state index contributed by atoms with van der Waals surface area (Å²) in [4.78, 5) is 29.1. The van der Waals surface area contributed by atoms with Crippen molar-refractivity contribution in [3.8, 4) is 17.2 Å². The molecule has 2 aromatic carbocycles. The van der Waals surface area contributed by atoms with Crippen molar-refractivity contribution in [3.63, 3.8) is 0 Å². The van der Waals surface area contributed by atoms with Gasteiger partial charge >= 0.3 is 0 Å². The molecule has 0 aliphatic rings. The van der Waals surface area contributed by atoms with Gasteiger partial charge in [-0.2, -0.15) is 0 Å². The maximum absolute atomic E-state index is 12.8. The molecule has 8 nitrogen and oxygen atoms in total. The minimum absolute atomic E-state index is 0.0484. The van der Waals surface area contributed by atoms with Gasteiger partial charge in [-0.3, -0.25) is 14.9 Å². The number of aromatic nitrogens is 1. The number of ketones is 1. The van der Waals surface area contributed by atoms with E-state index in [0.717, 1.165) is 0 Å². The highest BCUT2D eigenvalue weighted by atomic mass is 32.1. The van der Waals surface area contributed by atoms with Crippen molar-refractivity contribution in [2.75, 3.05) is 32.8 Å². The predicted octanol–water partition coefficient (Wildman–Crippen LogP) is 5.21. The van der Waals surface area contributed by atoms with Crippen LogP contribution in [-0.2, 0) is 9.47 Å². The number of amides is 1. The van der Waals surface area contributed by atoms with Crippen molar-refractivity contribution in [2.45, 2.75) is 25.9 Å². The van der Waals surface area contributed by atoms with E-state index >= 15 is 0 Å². The number of benzene rings is 2. The molecule has 34 heavy (non-hydrogen) atoms. The minimum Gasteiger partial charge on any atom is -0.488 e. The van der Waals surface area contributed by atoms with Crippen LogP contribution in [0.1, 0.15) is 40.5 Å². The maximum Gasteiger partial charge on any atom is 0.257 e. The molecule has 3 rings (SSSR count). The standard InChI is InChI=1S/C25H28N2O6S/c1-17(16-31-3)32-21-13-19(24(29)27-25-26-10-12-34-25)14-22(15-21)33-20-8-6-18(7-9-20)23(28)5-4-11-30-2/h6-10,12-15,17H,4-5,11,16H2,1-3H3,(H,26,27,29)/t17-/m0/s1. The van der Waals surface area contributed by atoms with Crippen LogP contribution in [0.25, 0.3) is 0 Å². The summed E-state index contributed by atoms with van der Waals surface area (Å²) in [5.74, 6) is 1.14. The van der Waals surface area contributed by atoms with Gasteiger partial charge in [-0.15, -0.1) is 11.3 Å². The third-order valence-corrected chi connectivity index (χ3v) is 5.39. The van der Waals surface area contributed by atoms with Crippen molar-refractivity contribution < 1.29 is 28.5 Å². The average Bonchev–Trinajstić information content (AvgIpc) is 3.32. The zero-order valence-electron chi connectivity index (χ0n) is 19.4. The summed E-state index contributed by atoms with van der Waals surface area (Å²) < 4.78 is 22.0. The fraction of sp³-hybridized carbons (Fsp3) is 0.320. The first-order valence-corrected chi connectivity index (χ1v) is 11.7. The highest BCUT2D eigenvalue weighted by Crippen LogP contribution is 2.29. The molecule has 1 heterocycles. The average molecular weight is 485 g/mol. The maximum atomic E-state index is 12.8. The molecule has 0 bridgehead atoms. The Labute approximate surface area is 202 Å². The van der Waals surface area contributed by atoms with E-state index < -0.39 is 0 Å². The third kappa shape index (κ3) is 7.65. The molecule has 9 heteroatoms. The summed E-state index contributed by atoms with van der Waals surface area (Å²) in [5.41, 5.74) is 0.967. The first-order chi connectivity index (χ1) is 16.5. The normalized spacial score (nSPS) is 11.6. The number of nitrogens with zero attached hydrogens (tertiary/aromatic N) is 1. The van der Waals surface area contributed by atoms with Gasteiger partial charge in [-0.1, -0.05) is 0 Å². The van der Waals surface area contributed by atoms with Crippen molar-refractivity contribution in [3.05, 3.63) is 65.2 Å². The third-order valence-electron chi connectivity index (χ3n) is 4.70. The van der Waals surface area contributed by atoms with Crippen molar-refractivity contribution >= 4 is 28.2 Å². The number of nitrogens with one attached hydrogen (secondary N) is 1. The zero-order valence-corrected chi connectivity index (χ0v) is 20.2. The summed E-state index contributed by atoms with van der Waals surface area (Å²) in [6, 6.07) is 11.9. The van der Waals surface area contributed by atoms with E-state index in [1.165, 1.54) is 11.3 Å². The number of thiazole rings is 1. The number of ether oxygens (including phenoxy) is 4. The number of rotatable bonds is 13. The number of Topliss-reactive ketones (excluding diaryl/α,β-unsaturated/α-hetero) is 1. The molecule has 1 atom stereocenters. The Kier molecular flexibility index (Phi) is 9.57. The summed E-state index contributed by atoms with van der Waals surface area (Å²) in [7, 11) is 3.21. The van der Waals surface area contributed by atoms with E-state index in [1.54, 1.807) is 68.3 Å². The summed E-state index contributed by atoms with van der Waals surface area (Å²) in [6.07, 6.45) is 2.49. The molecular weight excluding hydrogens is 456 g/mol. The van der Waals surface area contributed by atoms with E-state index in [-0.39, 0.29) is 17.8 Å². The van der Waals surface area contributed by atoms with Gasteiger partial charge < -0.3 is 18.9 Å². The Morgan fingerprint density at radius 1 is 1.00 bits per heavy atom. The number of carbonyl (C=O) groups excluding carboxylic acids is 2. The smallest absolute Gasteiger partial charge is 0.257 e. The van der Waals surface area contributed by atoms with E-state index in [2.05, 4.69) is 10.3 Å². The van der Waals surface area contributed by atoms with Gasteiger partial charge in [0.1, 0.15) is 23.4 Å². The van der Waals surface area contributed by atoms with Gasteiger partial charge in [-0.25, -0.2) is 4.98 Å². The van der Waals surface area contributed by atoms with Crippen LogP contribution in [0.2, 0.25) is 0 Å². The lowest BCUT2D eigenvalue weighted by atomic mass is 10.1. The lowest BCUT2D eigenvalue weighted by molar-refractivity contribution is 0.0916. The second-order valence-corrected chi connectivity index (χ2v) is 8.41. The van der Waals surface area contributed by atoms with Gasteiger partial charge in [-0.05, 0) is 49.7 Å². The number of carbonyl (C=O) groups is 2. The Hall–Kier alpha value is -3.27. The molecule has 0 unspecified atom stereocenters. The summed E-state index contributed by atoms with van der Waals surface area (Å²) in [5, 5.41) is 5.04. The molecule has 3 aromatic rings. The first-order valence-electron chi connectivity index (χ1n) is 10.8. The SMILES string of the molecule is COCCCC(=O)c1ccc(Oc2cc(O[C@@H](C)COC)cc(C(=O)Nc3nccs3)c2)cc1. The Balaban J connectivity index is 1.77. The Morgan fingerprint density at radius 3 is 2.44 bits per heavy atom. The van der Waals surface area contributed by atoms with Gasteiger partial charge in [0, 0.05) is 56.0 Å². The van der Waals surface area contributed by atoms with E-state index in [0.29, 0.717) is 59.6 Å². The van der Waals surface area contributed by atoms with Gasteiger partial charge in [0.05, 0.1) is 6.61 Å². The predicted molar refractivity (Wildman–Crippen MR) is 130 cm³/mol. The van der Waals surface area contributed by atoms with Gasteiger partial charge in [0.25, 0.3) is 5.91 Å². The van der Waals surface area contributed by atoms with Crippen LogP contribution in [-0.4, -0.2) is 50.2 Å².